The summed E-state index contributed by atoms with van der Waals surface area (Å²) < 4.78 is 35.2. The fourth-order valence-corrected chi connectivity index (χ4v) is 2.09. The largest absolute Gasteiger partial charge is 0.391 e. The minimum atomic E-state index is -3.78. The Bertz CT molecular complexity index is 334. The Kier molecular flexibility index (Phi) is 9.52. The summed E-state index contributed by atoms with van der Waals surface area (Å²) in [5.74, 6) is -0.148. The second kappa shape index (κ2) is 9.64. The van der Waals surface area contributed by atoms with Crippen LogP contribution in [0.5, 0.6) is 0 Å². The number of hydrogen-bond donors (Lipinski definition) is 2. The van der Waals surface area contributed by atoms with Crippen molar-refractivity contribution >= 4 is 10.1 Å². The highest BCUT2D eigenvalue weighted by molar-refractivity contribution is 7.85. The van der Waals surface area contributed by atoms with Gasteiger partial charge >= 0.3 is 0 Å². The zero-order valence-electron chi connectivity index (χ0n) is 12.8. The first-order valence-electron chi connectivity index (χ1n) is 6.80. The summed E-state index contributed by atoms with van der Waals surface area (Å²) in [5, 5.41) is 8.39. The molecule has 0 aromatic heterocycles. The van der Waals surface area contributed by atoms with Crippen molar-refractivity contribution in [2.24, 2.45) is 0 Å². The van der Waals surface area contributed by atoms with Gasteiger partial charge in [0.1, 0.15) is 6.54 Å². The highest BCUT2D eigenvalue weighted by Gasteiger charge is 2.11. The lowest BCUT2D eigenvalue weighted by molar-refractivity contribution is -0.870. The van der Waals surface area contributed by atoms with Gasteiger partial charge in [0.2, 0.25) is 0 Å². The topological polar surface area (TPSA) is 87.1 Å². The number of morpholine rings is 1. The Labute approximate surface area is 122 Å². The van der Waals surface area contributed by atoms with Crippen LogP contribution < -0.4 is 0 Å². The van der Waals surface area contributed by atoms with Crippen molar-refractivity contribution in [3.8, 4) is 0 Å². The van der Waals surface area contributed by atoms with Gasteiger partial charge in [-0.05, 0) is 13.0 Å². The Morgan fingerprint density at radius 1 is 1.20 bits per heavy atom. The number of aliphatic hydroxyl groups is 1. The van der Waals surface area contributed by atoms with E-state index in [-0.39, 0.29) is 12.4 Å². The predicted octanol–water partition coefficient (Wildman–Crippen LogP) is -0.719. The van der Waals surface area contributed by atoms with Crippen molar-refractivity contribution in [1.82, 2.24) is 4.90 Å². The summed E-state index contributed by atoms with van der Waals surface area (Å²) >= 11 is 0. The molecule has 0 spiro atoms. The predicted molar refractivity (Wildman–Crippen MR) is 78.3 cm³/mol. The molecule has 1 aliphatic heterocycles. The van der Waals surface area contributed by atoms with Gasteiger partial charge < -0.3 is 14.3 Å². The lowest BCUT2D eigenvalue weighted by atomic mass is 10.4. The van der Waals surface area contributed by atoms with Crippen molar-refractivity contribution in [3.05, 3.63) is 0 Å². The minimum absolute atomic E-state index is 0.148. The van der Waals surface area contributed by atoms with Gasteiger partial charge in [0.05, 0.1) is 46.7 Å². The van der Waals surface area contributed by atoms with E-state index >= 15 is 0 Å². The molecule has 2 N–H and O–H groups in total. The number of ether oxygens (including phenoxy) is 1. The molecule has 0 aromatic rings. The molecule has 1 rings (SSSR count). The highest BCUT2D eigenvalue weighted by Crippen LogP contribution is 1.99. The molecule has 0 bridgehead atoms. The van der Waals surface area contributed by atoms with Crippen LogP contribution in [0.25, 0.3) is 0 Å². The van der Waals surface area contributed by atoms with Crippen molar-refractivity contribution in [2.45, 2.75) is 6.42 Å². The quantitative estimate of drug-likeness (QED) is 0.497. The maximum Gasteiger partial charge on any atom is 0.264 e. The molecule has 1 saturated heterocycles. The van der Waals surface area contributed by atoms with Gasteiger partial charge in [0.25, 0.3) is 10.1 Å². The molecule has 0 saturated carbocycles. The molecular weight excluding hydrogens is 284 g/mol. The van der Waals surface area contributed by atoms with E-state index in [4.69, 9.17) is 14.4 Å². The normalized spacial score (nSPS) is 17.4. The van der Waals surface area contributed by atoms with Gasteiger partial charge in [-0.3, -0.25) is 9.45 Å². The van der Waals surface area contributed by atoms with Gasteiger partial charge in [0.15, 0.2) is 0 Å². The first-order chi connectivity index (χ1) is 9.14. The Morgan fingerprint density at radius 3 is 2.10 bits per heavy atom. The molecule has 0 radical (unpaired) electrons. The second-order valence-corrected chi connectivity index (χ2v) is 7.40. The van der Waals surface area contributed by atoms with E-state index in [1.165, 1.54) is 0 Å². The molecule has 7 nitrogen and oxygen atoms in total. The van der Waals surface area contributed by atoms with E-state index in [2.05, 4.69) is 26.0 Å². The Morgan fingerprint density at radius 2 is 1.75 bits per heavy atom. The smallest absolute Gasteiger partial charge is 0.264 e. The fraction of sp³-hybridized carbons (Fsp3) is 1.00. The van der Waals surface area contributed by atoms with Crippen molar-refractivity contribution in [1.29, 1.82) is 0 Å². The average molecular weight is 313 g/mol. The third-order valence-electron chi connectivity index (χ3n) is 2.75. The summed E-state index contributed by atoms with van der Waals surface area (Å²) in [6.07, 6.45) is 0.485. The molecule has 122 valence electrons. The standard InChI is InChI=1S/C7H15NO4S.C5H14NO/c9-13(10,11)7-1-2-8-3-5-12-6-4-8;1-6(2,3)4-5-7/h1-7H2,(H,9,10,11);7H,4-5H2,1-3H3/q;+1. The van der Waals surface area contributed by atoms with Gasteiger partial charge in [-0.1, -0.05) is 0 Å². The average Bonchev–Trinajstić information content (AvgIpc) is 2.28. The zero-order valence-corrected chi connectivity index (χ0v) is 13.6. The fourth-order valence-electron chi connectivity index (χ4n) is 1.60. The molecule has 20 heavy (non-hydrogen) atoms. The minimum Gasteiger partial charge on any atom is -0.391 e. The second-order valence-electron chi connectivity index (χ2n) is 5.83. The maximum atomic E-state index is 10.4. The lowest BCUT2D eigenvalue weighted by Crippen LogP contribution is -2.37. The maximum absolute atomic E-state index is 10.4. The third kappa shape index (κ3) is 14.2. The zero-order chi connectivity index (χ0) is 15.6. The SMILES string of the molecule is C[N+](C)(C)CCO.O=S(=O)(O)CCCN1CCOCC1. The first-order valence-corrected chi connectivity index (χ1v) is 8.41. The number of rotatable bonds is 6. The summed E-state index contributed by atoms with van der Waals surface area (Å²) in [6.45, 7) is 4.96. The molecule has 1 fully saturated rings. The van der Waals surface area contributed by atoms with Crippen LogP contribution in [0, 0.1) is 0 Å². The lowest BCUT2D eigenvalue weighted by Gasteiger charge is -2.26. The van der Waals surface area contributed by atoms with Crippen LogP contribution >= 0.6 is 0 Å². The molecule has 1 aliphatic rings. The van der Waals surface area contributed by atoms with Crippen molar-refractivity contribution in [2.75, 3.05) is 72.9 Å². The van der Waals surface area contributed by atoms with Crippen LogP contribution in [-0.4, -0.2) is 100 Å². The number of aliphatic hydroxyl groups excluding tert-OH is 1. The van der Waals surface area contributed by atoms with Gasteiger partial charge in [0, 0.05) is 13.1 Å². The summed E-state index contributed by atoms with van der Waals surface area (Å²) in [7, 11) is 2.37. The molecule has 0 atom stereocenters. The van der Waals surface area contributed by atoms with Crippen LogP contribution in [0.3, 0.4) is 0 Å². The van der Waals surface area contributed by atoms with Gasteiger partial charge in [-0.2, -0.15) is 8.42 Å². The Balaban J connectivity index is 0.000000441. The molecule has 0 amide bonds. The van der Waals surface area contributed by atoms with Crippen molar-refractivity contribution in [3.63, 3.8) is 0 Å². The number of hydrogen-bond acceptors (Lipinski definition) is 5. The Hall–Kier alpha value is -0.250. The van der Waals surface area contributed by atoms with Crippen LogP contribution in [-0.2, 0) is 14.9 Å². The number of nitrogens with zero attached hydrogens (tertiary/aromatic N) is 2. The summed E-state index contributed by atoms with van der Waals surface area (Å²) in [5.41, 5.74) is 0. The number of likely N-dealkylation sites (N-methyl/N-ethyl adjacent to an activating group) is 1. The van der Waals surface area contributed by atoms with Crippen LogP contribution in [0.4, 0.5) is 0 Å². The summed E-state index contributed by atoms with van der Waals surface area (Å²) in [6, 6.07) is 0. The van der Waals surface area contributed by atoms with E-state index in [1.807, 2.05) is 0 Å². The molecular formula is C12H29N2O5S+. The molecule has 0 aromatic carbocycles. The monoisotopic (exact) mass is 313 g/mol. The molecule has 8 heteroatoms. The van der Waals surface area contributed by atoms with Crippen molar-refractivity contribution < 1.29 is 27.3 Å². The van der Waals surface area contributed by atoms with Crippen LogP contribution in [0.1, 0.15) is 6.42 Å². The highest BCUT2D eigenvalue weighted by atomic mass is 32.2. The van der Waals surface area contributed by atoms with Gasteiger partial charge in [-0.15, -0.1) is 0 Å². The molecule has 0 aliphatic carbocycles. The van der Waals surface area contributed by atoms with Crippen LogP contribution in [0.15, 0.2) is 0 Å². The van der Waals surface area contributed by atoms with Gasteiger partial charge in [-0.25, -0.2) is 0 Å². The van der Waals surface area contributed by atoms with Crippen LogP contribution in [0.2, 0.25) is 0 Å². The molecule has 0 unspecified atom stereocenters. The van der Waals surface area contributed by atoms with E-state index in [9.17, 15) is 8.42 Å². The van der Waals surface area contributed by atoms with E-state index in [0.29, 0.717) is 26.2 Å². The molecule has 1 heterocycles. The first kappa shape index (κ1) is 19.8. The summed E-state index contributed by atoms with van der Waals surface area (Å²) in [4.78, 5) is 2.13. The van der Waals surface area contributed by atoms with E-state index < -0.39 is 10.1 Å². The third-order valence-corrected chi connectivity index (χ3v) is 3.56. The van der Waals surface area contributed by atoms with E-state index in [0.717, 1.165) is 24.1 Å². The van der Waals surface area contributed by atoms with E-state index in [1.54, 1.807) is 0 Å². The number of quaternary nitrogens is 1.